The second kappa shape index (κ2) is 5.71. The molecular formula is C25H25N3. The molecule has 0 N–H and O–H groups in total. The van der Waals surface area contributed by atoms with Crippen molar-refractivity contribution in [3.05, 3.63) is 78.9 Å². The van der Waals surface area contributed by atoms with Gasteiger partial charge in [0.05, 0.1) is 22.1 Å². The Labute approximate surface area is 166 Å². The zero-order chi connectivity index (χ0) is 19.5. The van der Waals surface area contributed by atoms with Crippen LogP contribution in [0.3, 0.4) is 0 Å². The van der Waals surface area contributed by atoms with Crippen LogP contribution in [0.2, 0.25) is 0 Å². The molecular weight excluding hydrogens is 342 g/mol. The van der Waals surface area contributed by atoms with Crippen molar-refractivity contribution in [2.45, 2.75) is 38.8 Å². The predicted molar refractivity (Wildman–Crippen MR) is 117 cm³/mol. The molecule has 3 heteroatoms. The van der Waals surface area contributed by atoms with Crippen LogP contribution >= 0.6 is 0 Å². The van der Waals surface area contributed by atoms with E-state index in [4.69, 9.17) is 4.98 Å². The Hall–Kier alpha value is -3.07. The lowest BCUT2D eigenvalue weighted by Gasteiger charge is -2.41. The van der Waals surface area contributed by atoms with Gasteiger partial charge in [-0.05, 0) is 63.1 Å². The molecule has 4 aromatic rings. The van der Waals surface area contributed by atoms with Crippen molar-refractivity contribution in [3.63, 3.8) is 0 Å². The van der Waals surface area contributed by atoms with Crippen LogP contribution in [0.1, 0.15) is 27.7 Å². The molecule has 0 radical (unpaired) electrons. The van der Waals surface area contributed by atoms with Crippen molar-refractivity contribution in [2.75, 3.05) is 4.90 Å². The van der Waals surface area contributed by atoms with E-state index >= 15 is 0 Å². The molecule has 3 aromatic carbocycles. The Morgan fingerprint density at radius 3 is 1.96 bits per heavy atom. The van der Waals surface area contributed by atoms with Crippen LogP contribution in [0.25, 0.3) is 22.2 Å². The van der Waals surface area contributed by atoms with Crippen LogP contribution in [0, 0.1) is 0 Å². The molecule has 1 aliphatic rings. The minimum atomic E-state index is -0.117. The Bertz CT molecular complexity index is 1150. The standard InChI is InChI=1S/C25H25N3/c1-24(2)25(3,4)28-22-13-9-8-12-21(22)26-23(28)27(24)20-16-14-19(15-17-20)18-10-6-5-7-11-18/h5-17H,1-4H3. The maximum Gasteiger partial charge on any atom is 0.212 e. The normalized spacial score (nSPS) is 17.1. The number of nitrogens with zero attached hydrogens (tertiary/aromatic N) is 3. The van der Waals surface area contributed by atoms with Gasteiger partial charge < -0.3 is 9.47 Å². The van der Waals surface area contributed by atoms with Crippen LogP contribution in [-0.2, 0) is 5.54 Å². The monoisotopic (exact) mass is 367 g/mol. The van der Waals surface area contributed by atoms with Crippen molar-refractivity contribution >= 4 is 22.7 Å². The van der Waals surface area contributed by atoms with E-state index in [-0.39, 0.29) is 11.1 Å². The first kappa shape index (κ1) is 17.1. The van der Waals surface area contributed by atoms with Gasteiger partial charge in [-0.1, -0.05) is 54.6 Å². The highest BCUT2D eigenvalue weighted by Gasteiger charge is 2.53. The molecule has 140 valence electrons. The fourth-order valence-electron chi connectivity index (χ4n) is 4.38. The second-order valence-electron chi connectivity index (χ2n) is 8.60. The van der Waals surface area contributed by atoms with E-state index in [1.165, 1.54) is 22.3 Å². The maximum atomic E-state index is 5.01. The van der Waals surface area contributed by atoms with E-state index in [1.807, 2.05) is 0 Å². The molecule has 1 aromatic heterocycles. The molecule has 0 aliphatic carbocycles. The summed E-state index contributed by atoms with van der Waals surface area (Å²) in [7, 11) is 0. The van der Waals surface area contributed by atoms with Gasteiger partial charge in [-0.15, -0.1) is 0 Å². The number of hydrogen-bond donors (Lipinski definition) is 0. The first-order chi connectivity index (χ1) is 13.4. The zero-order valence-corrected chi connectivity index (χ0v) is 16.8. The predicted octanol–water partition coefficient (Wildman–Crippen LogP) is 6.37. The summed E-state index contributed by atoms with van der Waals surface area (Å²) in [5, 5.41) is 0. The van der Waals surface area contributed by atoms with E-state index in [0.717, 1.165) is 11.5 Å². The van der Waals surface area contributed by atoms with Crippen LogP contribution in [-0.4, -0.2) is 15.1 Å². The number of hydrogen-bond acceptors (Lipinski definition) is 2. The quantitative estimate of drug-likeness (QED) is 0.410. The first-order valence-electron chi connectivity index (χ1n) is 9.85. The third kappa shape index (κ3) is 2.19. The number of para-hydroxylation sites is 2. The number of fused-ring (bicyclic) bond motifs is 3. The summed E-state index contributed by atoms with van der Waals surface area (Å²) in [5.41, 5.74) is 5.67. The number of imidazole rings is 1. The van der Waals surface area contributed by atoms with E-state index in [2.05, 4.69) is 116 Å². The summed E-state index contributed by atoms with van der Waals surface area (Å²) in [6, 6.07) is 27.8. The average Bonchev–Trinajstić information content (AvgIpc) is 3.14. The van der Waals surface area contributed by atoms with Gasteiger partial charge in [0.25, 0.3) is 0 Å². The summed E-state index contributed by atoms with van der Waals surface area (Å²) < 4.78 is 2.40. The summed E-state index contributed by atoms with van der Waals surface area (Å²) in [5.74, 6) is 1.02. The fraction of sp³-hybridized carbons (Fsp3) is 0.240. The Kier molecular flexibility index (Phi) is 3.48. The summed E-state index contributed by atoms with van der Waals surface area (Å²) in [4.78, 5) is 7.40. The zero-order valence-electron chi connectivity index (χ0n) is 16.8. The molecule has 0 saturated carbocycles. The molecule has 1 aliphatic heterocycles. The van der Waals surface area contributed by atoms with E-state index in [1.54, 1.807) is 0 Å². The SMILES string of the molecule is CC1(C)N(c2ccc(-c3ccccc3)cc2)c2nc3ccccc3n2C1(C)C. The minimum Gasteiger partial charge on any atom is -0.304 e. The first-order valence-corrected chi connectivity index (χ1v) is 9.85. The summed E-state index contributed by atoms with van der Waals surface area (Å²) in [6.07, 6.45) is 0. The number of aromatic nitrogens is 2. The van der Waals surface area contributed by atoms with Crippen LogP contribution in [0.5, 0.6) is 0 Å². The molecule has 28 heavy (non-hydrogen) atoms. The highest BCUT2D eigenvalue weighted by atomic mass is 15.4. The maximum absolute atomic E-state index is 5.01. The van der Waals surface area contributed by atoms with Crippen molar-refractivity contribution in [3.8, 4) is 11.1 Å². The van der Waals surface area contributed by atoms with Crippen molar-refractivity contribution in [1.29, 1.82) is 0 Å². The van der Waals surface area contributed by atoms with E-state index < -0.39 is 0 Å². The molecule has 3 nitrogen and oxygen atoms in total. The third-order valence-electron chi connectivity index (χ3n) is 6.59. The molecule has 0 amide bonds. The molecule has 0 unspecified atom stereocenters. The van der Waals surface area contributed by atoms with Gasteiger partial charge in [-0.25, -0.2) is 4.98 Å². The van der Waals surface area contributed by atoms with Gasteiger partial charge in [0, 0.05) is 5.69 Å². The van der Waals surface area contributed by atoms with Gasteiger partial charge in [-0.2, -0.15) is 0 Å². The lowest BCUT2D eigenvalue weighted by molar-refractivity contribution is 0.253. The molecule has 0 bridgehead atoms. The van der Waals surface area contributed by atoms with Gasteiger partial charge in [0.15, 0.2) is 0 Å². The third-order valence-corrected chi connectivity index (χ3v) is 6.59. The van der Waals surface area contributed by atoms with E-state index in [0.29, 0.717) is 0 Å². The number of rotatable bonds is 2. The molecule has 2 heterocycles. The Balaban J connectivity index is 1.66. The summed E-state index contributed by atoms with van der Waals surface area (Å²) >= 11 is 0. The van der Waals surface area contributed by atoms with Crippen molar-refractivity contribution in [2.24, 2.45) is 0 Å². The largest absolute Gasteiger partial charge is 0.304 e. The van der Waals surface area contributed by atoms with Crippen molar-refractivity contribution < 1.29 is 0 Å². The second-order valence-corrected chi connectivity index (χ2v) is 8.60. The van der Waals surface area contributed by atoms with Crippen LogP contribution < -0.4 is 4.90 Å². The van der Waals surface area contributed by atoms with Gasteiger partial charge >= 0.3 is 0 Å². The van der Waals surface area contributed by atoms with Crippen LogP contribution in [0.15, 0.2) is 78.9 Å². The Morgan fingerprint density at radius 1 is 0.643 bits per heavy atom. The molecule has 0 atom stereocenters. The van der Waals surface area contributed by atoms with Gasteiger partial charge in [0.1, 0.15) is 0 Å². The molecule has 0 saturated heterocycles. The van der Waals surface area contributed by atoms with Crippen LogP contribution in [0.4, 0.5) is 11.6 Å². The average molecular weight is 367 g/mol. The summed E-state index contributed by atoms with van der Waals surface area (Å²) in [6.45, 7) is 9.23. The fourth-order valence-corrected chi connectivity index (χ4v) is 4.38. The highest BCUT2D eigenvalue weighted by Crippen LogP contribution is 2.51. The lowest BCUT2D eigenvalue weighted by Crippen LogP contribution is -2.50. The smallest absolute Gasteiger partial charge is 0.212 e. The van der Waals surface area contributed by atoms with E-state index in [9.17, 15) is 0 Å². The molecule has 0 fully saturated rings. The molecule has 0 spiro atoms. The minimum absolute atomic E-state index is 0.101. The van der Waals surface area contributed by atoms with Gasteiger partial charge in [-0.3, -0.25) is 0 Å². The number of benzene rings is 3. The van der Waals surface area contributed by atoms with Gasteiger partial charge in [0.2, 0.25) is 5.95 Å². The van der Waals surface area contributed by atoms with Crippen molar-refractivity contribution in [1.82, 2.24) is 9.55 Å². The molecule has 5 rings (SSSR count). The Morgan fingerprint density at radius 2 is 1.25 bits per heavy atom. The topological polar surface area (TPSA) is 21.1 Å². The highest BCUT2D eigenvalue weighted by molar-refractivity contribution is 5.83. The number of anilines is 2. The lowest BCUT2D eigenvalue weighted by atomic mass is 9.82.